The average molecular weight is 255 g/mol. The minimum atomic E-state index is -0.217. The lowest BCUT2D eigenvalue weighted by molar-refractivity contribution is 0.0984. The van der Waals surface area contributed by atoms with Crippen LogP contribution in [-0.4, -0.2) is 33.5 Å². The zero-order chi connectivity index (χ0) is 13.2. The number of methoxy groups -OCH3 is 1. The Kier molecular flexibility index (Phi) is 7.57. The van der Waals surface area contributed by atoms with Crippen LogP contribution in [0.4, 0.5) is 4.39 Å². The van der Waals surface area contributed by atoms with E-state index in [1.165, 1.54) is 12.1 Å². The van der Waals surface area contributed by atoms with Gasteiger partial charge in [0.1, 0.15) is 5.82 Å². The second kappa shape index (κ2) is 9.03. The third-order valence-electron chi connectivity index (χ3n) is 2.87. The molecule has 3 nitrogen and oxygen atoms in total. The Hall–Kier alpha value is -0.970. The highest BCUT2D eigenvalue weighted by Crippen LogP contribution is 2.18. The molecule has 0 aliphatic heterocycles. The van der Waals surface area contributed by atoms with Crippen molar-refractivity contribution < 1.29 is 13.9 Å². The van der Waals surface area contributed by atoms with Crippen molar-refractivity contribution in [3.8, 4) is 0 Å². The van der Waals surface area contributed by atoms with Crippen LogP contribution in [0.25, 0.3) is 0 Å². The Morgan fingerprint density at radius 2 is 1.89 bits per heavy atom. The van der Waals surface area contributed by atoms with E-state index < -0.39 is 0 Å². The van der Waals surface area contributed by atoms with Gasteiger partial charge >= 0.3 is 0 Å². The Bertz CT molecular complexity index is 316. The van der Waals surface area contributed by atoms with Gasteiger partial charge in [0.15, 0.2) is 0 Å². The van der Waals surface area contributed by atoms with Gasteiger partial charge in [-0.05, 0) is 43.0 Å². The Morgan fingerprint density at radius 3 is 2.50 bits per heavy atom. The van der Waals surface area contributed by atoms with E-state index in [1.54, 1.807) is 19.2 Å². The molecule has 0 aliphatic rings. The van der Waals surface area contributed by atoms with Crippen LogP contribution in [0.15, 0.2) is 24.3 Å². The van der Waals surface area contributed by atoms with Crippen LogP contribution in [0.2, 0.25) is 0 Å². The molecule has 18 heavy (non-hydrogen) atoms. The molecule has 1 unspecified atom stereocenters. The molecule has 0 spiro atoms. The smallest absolute Gasteiger partial charge is 0.123 e. The highest BCUT2D eigenvalue weighted by atomic mass is 19.1. The second-order valence-corrected chi connectivity index (χ2v) is 4.23. The Morgan fingerprint density at radius 1 is 1.17 bits per heavy atom. The van der Waals surface area contributed by atoms with Crippen molar-refractivity contribution >= 4 is 0 Å². The SMILES string of the molecule is COCCCOCCC(CN)c1ccc(F)cc1. The van der Waals surface area contributed by atoms with Crippen LogP contribution >= 0.6 is 0 Å². The first-order chi connectivity index (χ1) is 8.77. The molecular formula is C14H22FNO2. The molecule has 0 bridgehead atoms. The summed E-state index contributed by atoms with van der Waals surface area (Å²) in [5.41, 5.74) is 6.80. The molecule has 1 aromatic rings. The highest BCUT2D eigenvalue weighted by Gasteiger charge is 2.09. The summed E-state index contributed by atoms with van der Waals surface area (Å²) in [5.74, 6) is 0.0124. The first kappa shape index (κ1) is 15.1. The molecule has 2 N–H and O–H groups in total. The zero-order valence-corrected chi connectivity index (χ0v) is 10.9. The third kappa shape index (κ3) is 5.58. The van der Waals surface area contributed by atoms with E-state index in [1.807, 2.05) is 0 Å². The Balaban J connectivity index is 2.27. The quantitative estimate of drug-likeness (QED) is 0.689. The van der Waals surface area contributed by atoms with E-state index in [4.69, 9.17) is 15.2 Å². The fourth-order valence-corrected chi connectivity index (χ4v) is 1.79. The van der Waals surface area contributed by atoms with E-state index in [-0.39, 0.29) is 11.7 Å². The standard InChI is InChI=1S/C14H22FNO2/c1-17-8-2-9-18-10-7-13(11-16)12-3-5-14(15)6-4-12/h3-6,13H,2,7-11,16H2,1H3. The molecule has 0 saturated carbocycles. The molecule has 0 fully saturated rings. The van der Waals surface area contributed by atoms with Gasteiger partial charge in [-0.25, -0.2) is 4.39 Å². The molecule has 0 radical (unpaired) electrons. The summed E-state index contributed by atoms with van der Waals surface area (Å²) in [5, 5.41) is 0. The molecule has 1 aromatic carbocycles. The number of rotatable bonds is 9. The lowest BCUT2D eigenvalue weighted by Gasteiger charge is -2.15. The summed E-state index contributed by atoms with van der Waals surface area (Å²) in [6, 6.07) is 6.52. The first-order valence-electron chi connectivity index (χ1n) is 6.30. The van der Waals surface area contributed by atoms with Gasteiger partial charge in [-0.15, -0.1) is 0 Å². The fraction of sp³-hybridized carbons (Fsp3) is 0.571. The summed E-state index contributed by atoms with van der Waals surface area (Å²) in [7, 11) is 1.68. The molecule has 1 rings (SSSR count). The number of nitrogens with two attached hydrogens (primary N) is 1. The van der Waals surface area contributed by atoms with Crippen molar-refractivity contribution in [2.75, 3.05) is 33.5 Å². The minimum absolute atomic E-state index is 0.217. The highest BCUT2D eigenvalue weighted by molar-refractivity contribution is 5.20. The molecule has 0 saturated heterocycles. The van der Waals surface area contributed by atoms with Crippen molar-refractivity contribution in [3.05, 3.63) is 35.6 Å². The molecular weight excluding hydrogens is 233 g/mol. The number of hydrogen-bond donors (Lipinski definition) is 1. The van der Waals surface area contributed by atoms with Gasteiger partial charge in [-0.2, -0.15) is 0 Å². The van der Waals surface area contributed by atoms with E-state index >= 15 is 0 Å². The first-order valence-corrected chi connectivity index (χ1v) is 6.30. The summed E-state index contributed by atoms with van der Waals surface area (Å²) < 4.78 is 23.3. The maximum absolute atomic E-state index is 12.8. The topological polar surface area (TPSA) is 44.5 Å². The molecule has 102 valence electrons. The van der Waals surface area contributed by atoms with Crippen molar-refractivity contribution in [3.63, 3.8) is 0 Å². The van der Waals surface area contributed by atoms with Gasteiger partial charge in [0.2, 0.25) is 0 Å². The van der Waals surface area contributed by atoms with E-state index in [9.17, 15) is 4.39 Å². The van der Waals surface area contributed by atoms with Crippen molar-refractivity contribution in [2.45, 2.75) is 18.8 Å². The second-order valence-electron chi connectivity index (χ2n) is 4.23. The number of benzene rings is 1. The maximum atomic E-state index is 12.8. The summed E-state index contributed by atoms with van der Waals surface area (Å²) in [6.07, 6.45) is 1.76. The van der Waals surface area contributed by atoms with Gasteiger partial charge in [-0.3, -0.25) is 0 Å². The van der Waals surface area contributed by atoms with Crippen molar-refractivity contribution in [2.24, 2.45) is 5.73 Å². The van der Waals surface area contributed by atoms with Gasteiger partial charge in [0, 0.05) is 26.9 Å². The van der Waals surface area contributed by atoms with Crippen LogP contribution in [0.3, 0.4) is 0 Å². The summed E-state index contributed by atoms with van der Waals surface area (Å²) in [4.78, 5) is 0. The van der Waals surface area contributed by atoms with Crippen molar-refractivity contribution in [1.82, 2.24) is 0 Å². The lowest BCUT2D eigenvalue weighted by atomic mass is 9.96. The predicted molar refractivity (Wildman–Crippen MR) is 70.1 cm³/mol. The Labute approximate surface area is 108 Å². The van der Waals surface area contributed by atoms with Gasteiger partial charge in [0.05, 0.1) is 0 Å². The monoisotopic (exact) mass is 255 g/mol. The van der Waals surface area contributed by atoms with E-state index in [0.717, 1.165) is 25.0 Å². The van der Waals surface area contributed by atoms with E-state index in [2.05, 4.69) is 0 Å². The van der Waals surface area contributed by atoms with E-state index in [0.29, 0.717) is 19.8 Å². The zero-order valence-electron chi connectivity index (χ0n) is 10.9. The third-order valence-corrected chi connectivity index (χ3v) is 2.87. The molecule has 0 amide bonds. The van der Waals surface area contributed by atoms with Crippen LogP contribution in [-0.2, 0) is 9.47 Å². The molecule has 4 heteroatoms. The minimum Gasteiger partial charge on any atom is -0.385 e. The largest absolute Gasteiger partial charge is 0.385 e. The van der Waals surface area contributed by atoms with Crippen LogP contribution in [0.5, 0.6) is 0 Å². The van der Waals surface area contributed by atoms with Crippen LogP contribution < -0.4 is 5.73 Å². The number of ether oxygens (including phenoxy) is 2. The van der Waals surface area contributed by atoms with Crippen LogP contribution in [0.1, 0.15) is 24.3 Å². The summed E-state index contributed by atoms with van der Waals surface area (Å²) >= 11 is 0. The number of hydrogen-bond acceptors (Lipinski definition) is 3. The molecule has 0 aromatic heterocycles. The molecule has 1 atom stereocenters. The average Bonchev–Trinajstić information content (AvgIpc) is 2.39. The predicted octanol–water partition coefficient (Wildman–Crippen LogP) is 2.31. The normalized spacial score (nSPS) is 12.6. The van der Waals surface area contributed by atoms with Crippen LogP contribution in [0, 0.1) is 5.82 Å². The van der Waals surface area contributed by atoms with Gasteiger partial charge in [-0.1, -0.05) is 12.1 Å². The van der Waals surface area contributed by atoms with Gasteiger partial charge in [0.25, 0.3) is 0 Å². The lowest BCUT2D eigenvalue weighted by Crippen LogP contribution is -2.15. The van der Waals surface area contributed by atoms with Gasteiger partial charge < -0.3 is 15.2 Å². The summed E-state index contributed by atoms with van der Waals surface area (Å²) in [6.45, 7) is 2.64. The fourth-order valence-electron chi connectivity index (χ4n) is 1.79. The van der Waals surface area contributed by atoms with Crippen molar-refractivity contribution in [1.29, 1.82) is 0 Å². The maximum Gasteiger partial charge on any atom is 0.123 e. The molecule has 0 heterocycles. The molecule has 0 aliphatic carbocycles. The number of halogens is 1.